The molecule has 0 aliphatic rings. The van der Waals surface area contributed by atoms with Crippen molar-refractivity contribution < 1.29 is 72.4 Å². The van der Waals surface area contributed by atoms with Crippen molar-refractivity contribution in [1.82, 2.24) is 0 Å². The Labute approximate surface area is 294 Å². The number of thiocarbonyl (C=S) groups is 1. The molecular weight excluding hydrogens is 648 g/mol. The molecule has 0 rings (SSSR count). The molecule has 18 heteroatoms. The zero-order valence-corrected chi connectivity index (χ0v) is 35.2. The Hall–Kier alpha value is -1.95. The van der Waals surface area contributed by atoms with Gasteiger partial charge in [-0.1, -0.05) is 83.1 Å². The van der Waals surface area contributed by atoms with E-state index in [9.17, 15) is 18.4 Å². The summed E-state index contributed by atoms with van der Waals surface area (Å²) in [7, 11) is 3.88. The number of carbonyl (C=O) groups excluding carboxylic acids is 2. The molecule has 0 fully saturated rings. The van der Waals surface area contributed by atoms with Gasteiger partial charge in [-0.2, -0.15) is 8.78 Å². The summed E-state index contributed by atoms with van der Waals surface area (Å²) in [5.74, 6) is -1.32. The second-order valence-corrected chi connectivity index (χ2v) is 5.46. The predicted molar refractivity (Wildman–Crippen MR) is 200 cm³/mol. The lowest BCUT2D eigenvalue weighted by Gasteiger charge is -2.03. The fourth-order valence-electron chi connectivity index (χ4n) is 0. The van der Waals surface area contributed by atoms with E-state index in [1.165, 1.54) is 41.7 Å². The molecular formula is C29H78B2F2O13S. The number of aliphatic carboxylic acids is 1. The van der Waals surface area contributed by atoms with E-state index >= 15 is 0 Å². The highest BCUT2D eigenvalue weighted by atomic mass is 32.1. The number of aliphatic hydroxyl groups is 1. The molecule has 0 aliphatic carbocycles. The number of hydrogen-bond acceptors (Lipinski definition) is 13. The van der Waals surface area contributed by atoms with Crippen molar-refractivity contribution in [2.45, 2.75) is 137 Å². The third-order valence-electron chi connectivity index (χ3n) is 1.22. The van der Waals surface area contributed by atoms with Crippen molar-refractivity contribution >= 4 is 49.4 Å². The summed E-state index contributed by atoms with van der Waals surface area (Å²) in [6.45, 7) is 32.8. The number of carboxylic acids is 1. The number of methoxy groups -OCH3 is 4. The first-order chi connectivity index (χ1) is 21.6. The lowest BCUT2D eigenvalue weighted by molar-refractivity contribution is -0.205. The molecule has 0 bridgehead atoms. The molecule has 0 aromatic carbocycles. The van der Waals surface area contributed by atoms with Gasteiger partial charge in [-0.25, -0.2) is 0 Å². The van der Waals surface area contributed by atoms with E-state index in [2.05, 4.69) is 31.2 Å². The summed E-state index contributed by atoms with van der Waals surface area (Å²) in [5.41, 5.74) is 0. The lowest BCUT2D eigenvalue weighted by atomic mass is 9.99. The van der Waals surface area contributed by atoms with Gasteiger partial charge in [0.25, 0.3) is 5.97 Å². The number of rotatable bonds is 1. The van der Waals surface area contributed by atoms with E-state index in [1.807, 2.05) is 83.1 Å². The summed E-state index contributed by atoms with van der Waals surface area (Å²) in [5, 5.41) is 45.4. The Balaban J connectivity index is -0.0000000212. The molecule has 13 nitrogen and oxygen atoms in total. The van der Waals surface area contributed by atoms with E-state index in [0.29, 0.717) is 12.0 Å². The van der Waals surface area contributed by atoms with Crippen LogP contribution in [0, 0.1) is 0 Å². The number of hydrogen-bond donors (Lipinski definition) is 6. The van der Waals surface area contributed by atoms with Crippen LogP contribution >= 0.6 is 12.2 Å². The zero-order valence-electron chi connectivity index (χ0n) is 34.4. The summed E-state index contributed by atoms with van der Waals surface area (Å²) in [4.78, 5) is 28.2. The van der Waals surface area contributed by atoms with Crippen LogP contribution in [0.15, 0.2) is 0 Å². The van der Waals surface area contributed by atoms with Crippen molar-refractivity contribution in [3.63, 3.8) is 0 Å². The van der Waals surface area contributed by atoms with Gasteiger partial charge >= 0.3 is 32.3 Å². The molecule has 0 aliphatic heterocycles. The van der Waals surface area contributed by atoms with Crippen LogP contribution in [-0.4, -0.2) is 109 Å². The average molecular weight is 727 g/mol. The van der Waals surface area contributed by atoms with Crippen LogP contribution in [0.3, 0.4) is 0 Å². The summed E-state index contributed by atoms with van der Waals surface area (Å²) in [6, 6.07) is 0. The highest BCUT2D eigenvalue weighted by molar-refractivity contribution is 7.80. The smallest absolute Gasteiger partial charge is 0.448 e. The van der Waals surface area contributed by atoms with E-state index < -0.39 is 26.3 Å². The fourth-order valence-corrected chi connectivity index (χ4v) is 0. The van der Waals surface area contributed by atoms with Gasteiger partial charge in [0.2, 0.25) is 0 Å². The minimum atomic E-state index is -2.96. The lowest BCUT2D eigenvalue weighted by Crippen LogP contribution is -2.10. The van der Waals surface area contributed by atoms with Crippen LogP contribution in [0.2, 0.25) is 13.6 Å². The van der Waals surface area contributed by atoms with Crippen LogP contribution in [0.5, 0.6) is 0 Å². The van der Waals surface area contributed by atoms with E-state index in [4.69, 9.17) is 35.1 Å². The van der Waals surface area contributed by atoms with Crippen molar-refractivity contribution in [2.75, 3.05) is 35.5 Å². The van der Waals surface area contributed by atoms with Crippen LogP contribution in [0.25, 0.3) is 0 Å². The second-order valence-electron chi connectivity index (χ2n) is 4.88. The highest BCUT2D eigenvalue weighted by Crippen LogP contribution is 2.09. The molecule has 0 spiro atoms. The van der Waals surface area contributed by atoms with Gasteiger partial charge in [0.1, 0.15) is 0 Å². The molecule has 47 heavy (non-hydrogen) atoms. The Morgan fingerprint density at radius 1 is 0.574 bits per heavy atom. The molecule has 0 radical (unpaired) electrons. The minimum Gasteiger partial charge on any atom is -0.491 e. The monoisotopic (exact) mass is 727 g/mol. The molecule has 6 N–H and O–H groups in total. The average Bonchev–Trinajstić information content (AvgIpc) is 3.03. The van der Waals surface area contributed by atoms with Gasteiger partial charge < -0.3 is 49.3 Å². The van der Waals surface area contributed by atoms with E-state index in [-0.39, 0.29) is 11.9 Å². The van der Waals surface area contributed by atoms with Gasteiger partial charge in [0.15, 0.2) is 5.05 Å². The Bertz CT molecular complexity index is 416. The molecule has 0 aromatic rings. The SMILES string of the molecule is CB(O)O.CB(O)O.CC.CC.CC.CC.CC.CC.CC(=O)O.CO.COC(C)(F)F.COC(C)=O.COC(C)=O.COC(C)=S. The molecule has 0 atom stereocenters. The van der Waals surface area contributed by atoms with Crippen molar-refractivity contribution in [3.05, 3.63) is 0 Å². The molecule has 0 unspecified atom stereocenters. The summed E-state index contributed by atoms with van der Waals surface area (Å²) in [6.07, 6.45) is -2.96. The van der Waals surface area contributed by atoms with E-state index in [0.717, 1.165) is 21.1 Å². The first-order valence-electron chi connectivity index (χ1n) is 15.0. The Kier molecular flexibility index (Phi) is 232. The number of ether oxygens (including phenoxy) is 4. The van der Waals surface area contributed by atoms with Crippen LogP contribution in [0.4, 0.5) is 8.78 Å². The minimum absolute atomic E-state index is 0.245. The molecule has 0 saturated heterocycles. The Morgan fingerprint density at radius 2 is 0.638 bits per heavy atom. The molecule has 298 valence electrons. The number of carbonyl (C=O) groups is 3. The number of alkyl halides is 2. The fraction of sp³-hybridized carbons (Fsp3) is 0.862. The van der Waals surface area contributed by atoms with Gasteiger partial charge in [-0.15, -0.1) is 0 Å². The van der Waals surface area contributed by atoms with E-state index in [1.54, 1.807) is 14.0 Å². The maximum absolute atomic E-state index is 11.2. The first kappa shape index (κ1) is 90.7. The zero-order chi connectivity index (χ0) is 42.8. The summed E-state index contributed by atoms with van der Waals surface area (Å²) < 4.78 is 38.8. The summed E-state index contributed by atoms with van der Waals surface area (Å²) >= 11 is 4.47. The van der Waals surface area contributed by atoms with Crippen LogP contribution < -0.4 is 0 Å². The van der Waals surface area contributed by atoms with Crippen molar-refractivity contribution in [3.8, 4) is 0 Å². The van der Waals surface area contributed by atoms with Gasteiger partial charge in [-0.3, -0.25) is 14.4 Å². The highest BCUT2D eigenvalue weighted by Gasteiger charge is 2.17. The maximum Gasteiger partial charge on any atom is 0.448 e. The molecule has 0 amide bonds. The van der Waals surface area contributed by atoms with Gasteiger partial charge in [-0.05, 0) is 25.9 Å². The first-order valence-corrected chi connectivity index (χ1v) is 15.4. The number of aliphatic hydroxyl groups excluding tert-OH is 1. The standard InChI is InChI=1S/C3H6F2O.2C3H6O2.C3H6OS.C2H4O2.6C2H6.2CH5BO2.CH4O/c1-3(4,5)6-2;2*1-3(4)5-2;1-3(5)4-2;1-2(3)4;6*1-2;2*1-2(3)4;1-2/h1-2H3;3*1-2H3;1H3,(H,3,4);6*1-2H3;2*3-4H,1H3;2H,1H3. The number of carboxylic acid groups (broad SMARTS) is 1. The van der Waals surface area contributed by atoms with Crippen LogP contribution in [0.1, 0.15) is 118 Å². The molecule has 0 aromatic heterocycles. The van der Waals surface area contributed by atoms with Crippen LogP contribution in [-0.2, 0) is 33.3 Å². The van der Waals surface area contributed by atoms with Crippen molar-refractivity contribution in [1.29, 1.82) is 0 Å². The largest absolute Gasteiger partial charge is 0.491 e. The normalized spacial score (nSPS) is 6.28. The van der Waals surface area contributed by atoms with Gasteiger partial charge in [0.05, 0.1) is 21.3 Å². The molecule has 0 heterocycles. The Morgan fingerprint density at radius 3 is 0.638 bits per heavy atom. The topological polar surface area (TPSA) is 210 Å². The molecule has 0 saturated carbocycles. The second kappa shape index (κ2) is 120. The number of halogens is 2. The third-order valence-corrected chi connectivity index (χ3v) is 1.39. The predicted octanol–water partition coefficient (Wildman–Crippen LogP) is 6.62. The quantitative estimate of drug-likeness (QED) is 0.0954. The maximum atomic E-state index is 11.2. The van der Waals surface area contributed by atoms with Gasteiger partial charge in [0, 0.05) is 48.8 Å². The number of esters is 2. The van der Waals surface area contributed by atoms with Crippen molar-refractivity contribution in [2.24, 2.45) is 0 Å². The third kappa shape index (κ3) is 1570.